The fourth-order valence-electron chi connectivity index (χ4n) is 2.88. The van der Waals surface area contributed by atoms with E-state index in [2.05, 4.69) is 0 Å². The molecule has 1 fully saturated rings. The Balaban J connectivity index is 1.86. The van der Waals surface area contributed by atoms with E-state index >= 15 is 0 Å². The molecule has 1 aromatic rings. The van der Waals surface area contributed by atoms with Gasteiger partial charge in [0, 0.05) is 30.6 Å². The molecular formula is C16H22ClNO2. The van der Waals surface area contributed by atoms with Crippen molar-refractivity contribution in [1.29, 1.82) is 0 Å². The van der Waals surface area contributed by atoms with Crippen LogP contribution in [0.4, 0.5) is 0 Å². The van der Waals surface area contributed by atoms with Gasteiger partial charge in [0.1, 0.15) is 0 Å². The van der Waals surface area contributed by atoms with Gasteiger partial charge in [-0.15, -0.1) is 0 Å². The van der Waals surface area contributed by atoms with Crippen molar-refractivity contribution in [3.8, 4) is 0 Å². The first-order chi connectivity index (χ1) is 9.72. The molecule has 1 N–H and O–H groups in total. The minimum atomic E-state index is 0.207. The second-order valence-corrected chi connectivity index (χ2v) is 5.75. The lowest BCUT2D eigenvalue weighted by molar-refractivity contribution is -0.132. The molecule has 2 rings (SSSR count). The van der Waals surface area contributed by atoms with Gasteiger partial charge in [-0.3, -0.25) is 4.79 Å². The third-order valence-corrected chi connectivity index (χ3v) is 4.33. The normalized spacial score (nSPS) is 18.5. The summed E-state index contributed by atoms with van der Waals surface area (Å²) < 4.78 is 0. The van der Waals surface area contributed by atoms with Gasteiger partial charge in [0.2, 0.25) is 5.91 Å². The minimum absolute atomic E-state index is 0.207. The molecule has 1 atom stereocenters. The number of halogens is 1. The predicted octanol–water partition coefficient (Wildman–Crippen LogP) is 3.04. The topological polar surface area (TPSA) is 40.5 Å². The van der Waals surface area contributed by atoms with Crippen LogP contribution in [-0.2, 0) is 11.2 Å². The van der Waals surface area contributed by atoms with Crippen LogP contribution >= 0.6 is 11.6 Å². The van der Waals surface area contributed by atoms with E-state index in [4.69, 9.17) is 16.7 Å². The summed E-state index contributed by atoms with van der Waals surface area (Å²) >= 11 is 6.11. The smallest absolute Gasteiger partial charge is 0.223 e. The first kappa shape index (κ1) is 15.3. The number of carbonyl (C=O) groups excluding carboxylic acids is 1. The Morgan fingerprint density at radius 1 is 1.40 bits per heavy atom. The number of aliphatic hydroxyl groups excluding tert-OH is 1. The zero-order valence-corrected chi connectivity index (χ0v) is 12.5. The molecule has 0 aromatic heterocycles. The Kier molecular flexibility index (Phi) is 5.86. The van der Waals surface area contributed by atoms with Gasteiger partial charge in [0.15, 0.2) is 0 Å². The van der Waals surface area contributed by atoms with E-state index in [1.54, 1.807) is 0 Å². The van der Waals surface area contributed by atoms with E-state index in [9.17, 15) is 4.79 Å². The molecule has 0 spiro atoms. The molecule has 1 saturated heterocycles. The Labute approximate surface area is 125 Å². The largest absolute Gasteiger partial charge is 0.396 e. The fourth-order valence-corrected chi connectivity index (χ4v) is 3.11. The van der Waals surface area contributed by atoms with Crippen LogP contribution in [-0.4, -0.2) is 35.1 Å². The van der Waals surface area contributed by atoms with Gasteiger partial charge in [-0.25, -0.2) is 0 Å². The van der Waals surface area contributed by atoms with Crippen molar-refractivity contribution in [3.63, 3.8) is 0 Å². The molecular weight excluding hydrogens is 274 g/mol. The van der Waals surface area contributed by atoms with Crippen LogP contribution < -0.4 is 0 Å². The third kappa shape index (κ3) is 3.97. The second-order valence-electron chi connectivity index (χ2n) is 5.34. The van der Waals surface area contributed by atoms with E-state index in [1.165, 1.54) is 0 Å². The summed E-state index contributed by atoms with van der Waals surface area (Å²) in [6.45, 7) is 1.07. The highest BCUT2D eigenvalue weighted by molar-refractivity contribution is 6.31. The maximum atomic E-state index is 12.3. The fraction of sp³-hybridized carbons (Fsp3) is 0.562. The number of carbonyl (C=O) groups is 1. The molecule has 110 valence electrons. The van der Waals surface area contributed by atoms with Crippen LogP contribution in [0.5, 0.6) is 0 Å². The molecule has 4 heteroatoms. The van der Waals surface area contributed by atoms with Crippen LogP contribution in [0.15, 0.2) is 24.3 Å². The standard InChI is InChI=1S/C16H22ClNO2/c17-15-8-2-1-5-13(15)9-10-16(20)18-11-3-6-14(18)7-4-12-19/h1-2,5,8,14,19H,3-4,6-7,9-12H2. The Morgan fingerprint density at radius 2 is 2.20 bits per heavy atom. The van der Waals surface area contributed by atoms with Gasteiger partial charge in [-0.1, -0.05) is 29.8 Å². The molecule has 0 aliphatic carbocycles. The van der Waals surface area contributed by atoms with Crippen LogP contribution in [0.2, 0.25) is 5.02 Å². The molecule has 0 radical (unpaired) electrons. The van der Waals surface area contributed by atoms with Crippen molar-refractivity contribution in [2.45, 2.75) is 44.6 Å². The highest BCUT2D eigenvalue weighted by Gasteiger charge is 2.27. The maximum Gasteiger partial charge on any atom is 0.223 e. The number of benzene rings is 1. The monoisotopic (exact) mass is 295 g/mol. The lowest BCUT2D eigenvalue weighted by atomic mass is 10.1. The quantitative estimate of drug-likeness (QED) is 0.876. The third-order valence-electron chi connectivity index (χ3n) is 3.96. The van der Waals surface area contributed by atoms with Gasteiger partial charge >= 0.3 is 0 Å². The van der Waals surface area contributed by atoms with Crippen molar-refractivity contribution in [2.75, 3.05) is 13.2 Å². The van der Waals surface area contributed by atoms with Crippen LogP contribution in [0.3, 0.4) is 0 Å². The number of hydrogen-bond donors (Lipinski definition) is 1. The summed E-state index contributed by atoms with van der Waals surface area (Å²) in [4.78, 5) is 14.3. The molecule has 20 heavy (non-hydrogen) atoms. The lowest BCUT2D eigenvalue weighted by Crippen LogP contribution is -2.35. The highest BCUT2D eigenvalue weighted by Crippen LogP contribution is 2.23. The van der Waals surface area contributed by atoms with Crippen molar-refractivity contribution in [3.05, 3.63) is 34.9 Å². The zero-order valence-electron chi connectivity index (χ0n) is 11.7. The average molecular weight is 296 g/mol. The SMILES string of the molecule is O=C(CCc1ccccc1Cl)N1CCCC1CCCO. The Bertz CT molecular complexity index is 450. The molecule has 0 saturated carbocycles. The van der Waals surface area contributed by atoms with Gasteiger partial charge in [0.05, 0.1) is 0 Å². The molecule has 1 aliphatic rings. The highest BCUT2D eigenvalue weighted by atomic mass is 35.5. The number of aliphatic hydroxyl groups is 1. The molecule has 1 heterocycles. The van der Waals surface area contributed by atoms with E-state index < -0.39 is 0 Å². The van der Waals surface area contributed by atoms with Crippen LogP contribution in [0.1, 0.15) is 37.7 Å². The first-order valence-electron chi connectivity index (χ1n) is 7.36. The van der Waals surface area contributed by atoms with Crippen molar-refractivity contribution < 1.29 is 9.90 Å². The van der Waals surface area contributed by atoms with Crippen molar-refractivity contribution >= 4 is 17.5 Å². The number of aryl methyl sites for hydroxylation is 1. The maximum absolute atomic E-state index is 12.3. The van der Waals surface area contributed by atoms with Crippen molar-refractivity contribution in [1.82, 2.24) is 4.90 Å². The number of likely N-dealkylation sites (tertiary alicyclic amines) is 1. The molecule has 1 amide bonds. The summed E-state index contributed by atoms with van der Waals surface area (Å²) in [6, 6.07) is 8.01. The summed E-state index contributed by atoms with van der Waals surface area (Å²) in [5.41, 5.74) is 1.04. The predicted molar refractivity (Wildman–Crippen MR) is 80.8 cm³/mol. The Morgan fingerprint density at radius 3 is 2.95 bits per heavy atom. The minimum Gasteiger partial charge on any atom is -0.396 e. The van der Waals surface area contributed by atoms with E-state index in [-0.39, 0.29) is 12.5 Å². The van der Waals surface area contributed by atoms with Gasteiger partial charge in [-0.05, 0) is 43.7 Å². The number of amides is 1. The Hall–Kier alpha value is -1.06. The first-order valence-corrected chi connectivity index (χ1v) is 7.74. The molecule has 1 aliphatic heterocycles. The lowest BCUT2D eigenvalue weighted by Gasteiger charge is -2.24. The summed E-state index contributed by atoms with van der Waals surface area (Å²) in [6.07, 6.45) is 5.04. The van der Waals surface area contributed by atoms with Crippen LogP contribution in [0.25, 0.3) is 0 Å². The van der Waals surface area contributed by atoms with Crippen LogP contribution in [0, 0.1) is 0 Å². The van der Waals surface area contributed by atoms with Crippen molar-refractivity contribution in [2.24, 2.45) is 0 Å². The number of nitrogens with zero attached hydrogens (tertiary/aromatic N) is 1. The zero-order chi connectivity index (χ0) is 14.4. The second kappa shape index (κ2) is 7.65. The van der Waals surface area contributed by atoms with Gasteiger partial charge < -0.3 is 10.0 Å². The van der Waals surface area contributed by atoms with E-state index in [1.807, 2.05) is 29.2 Å². The summed E-state index contributed by atoms with van der Waals surface area (Å²) in [5, 5.41) is 9.65. The molecule has 3 nitrogen and oxygen atoms in total. The summed E-state index contributed by atoms with van der Waals surface area (Å²) in [5.74, 6) is 0.213. The van der Waals surface area contributed by atoms with E-state index in [0.29, 0.717) is 18.9 Å². The van der Waals surface area contributed by atoms with Gasteiger partial charge in [0.25, 0.3) is 0 Å². The summed E-state index contributed by atoms with van der Waals surface area (Å²) in [7, 11) is 0. The van der Waals surface area contributed by atoms with E-state index in [0.717, 1.165) is 42.8 Å². The average Bonchev–Trinajstić information content (AvgIpc) is 2.92. The van der Waals surface area contributed by atoms with Gasteiger partial charge in [-0.2, -0.15) is 0 Å². The molecule has 1 aromatic carbocycles. The number of hydrogen-bond acceptors (Lipinski definition) is 2. The molecule has 0 bridgehead atoms. The molecule has 1 unspecified atom stereocenters. The number of rotatable bonds is 6.